The van der Waals surface area contributed by atoms with E-state index in [1.165, 1.54) is 0 Å². The molecule has 0 unspecified atom stereocenters. The highest BCUT2D eigenvalue weighted by atomic mass is 16.3. The molecule has 5 N–H and O–H groups in total. The van der Waals surface area contributed by atoms with E-state index < -0.39 is 0 Å². The van der Waals surface area contributed by atoms with Crippen molar-refractivity contribution in [2.45, 2.75) is 26.2 Å². The summed E-state index contributed by atoms with van der Waals surface area (Å²) >= 11 is 0. The van der Waals surface area contributed by atoms with Crippen molar-refractivity contribution >= 4 is 17.3 Å². The second-order valence-corrected chi connectivity index (χ2v) is 4.84. The quantitative estimate of drug-likeness (QED) is 0.649. The molecule has 21 heavy (non-hydrogen) atoms. The van der Waals surface area contributed by atoms with Crippen LogP contribution in [0.2, 0.25) is 0 Å². The van der Waals surface area contributed by atoms with Gasteiger partial charge in [-0.05, 0) is 30.5 Å². The molecular formula is C15H20N4O2. The molecule has 0 saturated carbocycles. The molecule has 0 radical (unpaired) electrons. The van der Waals surface area contributed by atoms with Gasteiger partial charge in [-0.2, -0.15) is 5.10 Å². The molecule has 2 rings (SSSR count). The number of carbonyl (C=O) groups is 1. The van der Waals surface area contributed by atoms with Crippen LogP contribution < -0.4 is 11.1 Å². The number of aryl methyl sites for hydroxylation is 1. The highest BCUT2D eigenvalue weighted by Crippen LogP contribution is 2.18. The number of benzene rings is 1. The zero-order valence-corrected chi connectivity index (χ0v) is 12.0. The first-order chi connectivity index (χ1) is 10.2. The van der Waals surface area contributed by atoms with E-state index in [1.54, 1.807) is 12.1 Å². The van der Waals surface area contributed by atoms with Gasteiger partial charge >= 0.3 is 0 Å². The minimum Gasteiger partial charge on any atom is -0.396 e. The number of amides is 1. The number of aromatic amines is 1. The number of hydrogen-bond donors (Lipinski definition) is 4. The molecule has 0 saturated heterocycles. The van der Waals surface area contributed by atoms with Crippen molar-refractivity contribution in [3.05, 3.63) is 41.2 Å². The van der Waals surface area contributed by atoms with Crippen LogP contribution in [0.25, 0.3) is 0 Å². The molecule has 112 valence electrons. The number of aliphatic hydroxyl groups is 1. The van der Waals surface area contributed by atoms with E-state index in [9.17, 15) is 4.79 Å². The molecule has 0 atom stereocenters. The third-order valence-electron chi connectivity index (χ3n) is 3.21. The molecule has 1 amide bonds. The number of aromatic nitrogens is 2. The lowest BCUT2D eigenvalue weighted by atomic mass is 10.1. The van der Waals surface area contributed by atoms with Crippen LogP contribution in [0.1, 0.15) is 35.1 Å². The van der Waals surface area contributed by atoms with Gasteiger partial charge in [-0.25, -0.2) is 0 Å². The Labute approximate surface area is 123 Å². The monoisotopic (exact) mass is 288 g/mol. The smallest absolute Gasteiger partial charge is 0.278 e. The van der Waals surface area contributed by atoms with Crippen molar-refractivity contribution in [1.29, 1.82) is 0 Å². The van der Waals surface area contributed by atoms with Gasteiger partial charge in [0.15, 0.2) is 5.69 Å². The minimum atomic E-state index is -0.332. The summed E-state index contributed by atoms with van der Waals surface area (Å²) in [5.41, 5.74) is 9.03. The second-order valence-electron chi connectivity index (χ2n) is 4.84. The number of nitrogen functional groups attached to an aromatic ring is 1. The van der Waals surface area contributed by atoms with Gasteiger partial charge < -0.3 is 16.2 Å². The molecule has 0 spiro atoms. The number of H-pyrrole nitrogens is 1. The van der Waals surface area contributed by atoms with Gasteiger partial charge in [-0.1, -0.05) is 25.5 Å². The molecule has 0 bridgehead atoms. The average molecular weight is 288 g/mol. The van der Waals surface area contributed by atoms with E-state index in [2.05, 4.69) is 15.5 Å². The molecule has 0 aliphatic carbocycles. The molecule has 0 aliphatic heterocycles. The van der Waals surface area contributed by atoms with E-state index in [-0.39, 0.29) is 18.2 Å². The number of rotatable bonds is 6. The third kappa shape index (κ3) is 3.61. The maximum absolute atomic E-state index is 12.1. The second kappa shape index (κ2) is 6.90. The lowest BCUT2D eigenvalue weighted by molar-refractivity contribution is 0.102. The van der Waals surface area contributed by atoms with Gasteiger partial charge in [0.1, 0.15) is 0 Å². The zero-order chi connectivity index (χ0) is 15.2. The first kappa shape index (κ1) is 15.1. The van der Waals surface area contributed by atoms with E-state index in [0.29, 0.717) is 17.8 Å². The van der Waals surface area contributed by atoms with Crippen LogP contribution in [0.3, 0.4) is 0 Å². The number of hydrogen-bond acceptors (Lipinski definition) is 4. The molecule has 1 aromatic heterocycles. The molecule has 1 aromatic carbocycles. The zero-order valence-electron chi connectivity index (χ0n) is 12.0. The first-order valence-electron chi connectivity index (χ1n) is 6.99. The fourth-order valence-electron chi connectivity index (χ4n) is 2.07. The Morgan fingerprint density at radius 1 is 1.33 bits per heavy atom. The van der Waals surface area contributed by atoms with Gasteiger partial charge in [-0.15, -0.1) is 0 Å². The van der Waals surface area contributed by atoms with Crippen molar-refractivity contribution in [2.24, 2.45) is 0 Å². The molecule has 2 aromatic rings. The lowest BCUT2D eigenvalue weighted by Crippen LogP contribution is -2.14. The Morgan fingerprint density at radius 2 is 2.05 bits per heavy atom. The average Bonchev–Trinajstić information content (AvgIpc) is 2.83. The van der Waals surface area contributed by atoms with E-state index in [4.69, 9.17) is 10.8 Å². The number of nitrogens with zero attached hydrogens (tertiary/aromatic N) is 1. The fourth-order valence-corrected chi connectivity index (χ4v) is 2.07. The van der Waals surface area contributed by atoms with Crippen molar-refractivity contribution < 1.29 is 9.90 Å². The summed E-state index contributed by atoms with van der Waals surface area (Å²) in [5, 5.41) is 18.4. The summed E-state index contributed by atoms with van der Waals surface area (Å²) in [6.45, 7) is 2.14. The fraction of sp³-hybridized carbons (Fsp3) is 0.333. The van der Waals surface area contributed by atoms with Crippen LogP contribution in [0.15, 0.2) is 24.3 Å². The Morgan fingerprint density at radius 3 is 2.67 bits per heavy atom. The lowest BCUT2D eigenvalue weighted by Gasteiger charge is -2.05. The van der Waals surface area contributed by atoms with Gasteiger partial charge in [-0.3, -0.25) is 9.89 Å². The van der Waals surface area contributed by atoms with Crippen molar-refractivity contribution in [1.82, 2.24) is 10.2 Å². The number of aliphatic hydroxyl groups excluding tert-OH is 1. The van der Waals surface area contributed by atoms with Crippen LogP contribution in [0, 0.1) is 0 Å². The first-order valence-corrected chi connectivity index (χ1v) is 6.99. The van der Waals surface area contributed by atoms with E-state index in [1.807, 2.05) is 19.1 Å². The highest BCUT2D eigenvalue weighted by molar-refractivity contribution is 6.06. The topological polar surface area (TPSA) is 104 Å². The standard InChI is InChI=1S/C15H20N4O2/c1-2-3-12-13(16)14(19-18-12)15(21)17-11-6-4-10(5-7-11)8-9-20/h4-7,20H,2-3,8-9,16H2,1H3,(H,17,21)(H,18,19). The normalized spacial score (nSPS) is 10.6. The minimum absolute atomic E-state index is 0.107. The van der Waals surface area contributed by atoms with Crippen LogP contribution >= 0.6 is 0 Å². The van der Waals surface area contributed by atoms with Crippen LogP contribution in [-0.4, -0.2) is 27.8 Å². The van der Waals surface area contributed by atoms with Crippen molar-refractivity contribution in [3.8, 4) is 0 Å². The summed E-state index contributed by atoms with van der Waals surface area (Å²) < 4.78 is 0. The van der Waals surface area contributed by atoms with E-state index in [0.717, 1.165) is 24.1 Å². The largest absolute Gasteiger partial charge is 0.396 e. The number of nitrogens with two attached hydrogens (primary N) is 1. The maximum Gasteiger partial charge on any atom is 0.278 e. The predicted molar refractivity (Wildman–Crippen MR) is 82.2 cm³/mol. The van der Waals surface area contributed by atoms with Gasteiger partial charge in [0.2, 0.25) is 0 Å². The van der Waals surface area contributed by atoms with Crippen LogP contribution in [0.4, 0.5) is 11.4 Å². The Balaban J connectivity index is 2.07. The van der Waals surface area contributed by atoms with Crippen molar-refractivity contribution in [3.63, 3.8) is 0 Å². The maximum atomic E-state index is 12.1. The molecule has 6 nitrogen and oxygen atoms in total. The Bertz CT molecular complexity index is 605. The third-order valence-corrected chi connectivity index (χ3v) is 3.21. The summed E-state index contributed by atoms with van der Waals surface area (Å²) in [6, 6.07) is 7.31. The Hall–Kier alpha value is -2.34. The summed E-state index contributed by atoms with van der Waals surface area (Å²) in [5.74, 6) is -0.332. The molecular weight excluding hydrogens is 268 g/mol. The number of nitrogens with one attached hydrogen (secondary N) is 2. The number of carbonyl (C=O) groups excluding carboxylic acids is 1. The molecule has 0 fully saturated rings. The van der Waals surface area contributed by atoms with Gasteiger partial charge in [0.05, 0.1) is 11.4 Å². The van der Waals surface area contributed by atoms with Crippen LogP contribution in [-0.2, 0) is 12.8 Å². The molecule has 1 heterocycles. The summed E-state index contributed by atoms with van der Waals surface area (Å²) in [6.07, 6.45) is 2.29. The number of anilines is 2. The van der Waals surface area contributed by atoms with Gasteiger partial charge in [0, 0.05) is 12.3 Å². The van der Waals surface area contributed by atoms with E-state index >= 15 is 0 Å². The Kier molecular flexibility index (Phi) is 4.94. The predicted octanol–water partition coefficient (Wildman–Crippen LogP) is 1.73. The summed E-state index contributed by atoms with van der Waals surface area (Å²) in [4.78, 5) is 12.1. The molecule has 0 aliphatic rings. The van der Waals surface area contributed by atoms with Crippen LogP contribution in [0.5, 0.6) is 0 Å². The summed E-state index contributed by atoms with van der Waals surface area (Å²) in [7, 11) is 0. The SMILES string of the molecule is CCCc1[nH]nc(C(=O)Nc2ccc(CCO)cc2)c1N. The highest BCUT2D eigenvalue weighted by Gasteiger charge is 2.16. The van der Waals surface area contributed by atoms with Gasteiger partial charge in [0.25, 0.3) is 5.91 Å². The molecule has 6 heteroatoms. The van der Waals surface area contributed by atoms with Crippen molar-refractivity contribution in [2.75, 3.05) is 17.7 Å².